The monoisotopic (exact) mass is 474 g/mol. The lowest BCUT2D eigenvalue weighted by atomic mass is 9.86. The molecule has 5 rings (SSSR count). The average Bonchev–Trinajstić information content (AvgIpc) is 3.28. The number of nitrogens with zero attached hydrogens (tertiary/aromatic N) is 1. The number of hydrogen-bond acceptors (Lipinski definition) is 3. The fourth-order valence-electron chi connectivity index (χ4n) is 5.13. The molecule has 1 aromatic heterocycles. The van der Waals surface area contributed by atoms with Gasteiger partial charge in [0.05, 0.1) is 24.1 Å². The van der Waals surface area contributed by atoms with Crippen LogP contribution in [0.5, 0.6) is 5.75 Å². The van der Waals surface area contributed by atoms with Gasteiger partial charge in [0.15, 0.2) is 0 Å². The van der Waals surface area contributed by atoms with E-state index >= 15 is 0 Å². The first-order valence-corrected chi connectivity index (χ1v) is 11.8. The number of ether oxygens (including phenoxy) is 1. The number of fused-ring (bicyclic) bond motifs is 2. The van der Waals surface area contributed by atoms with Gasteiger partial charge < -0.3 is 19.7 Å². The maximum Gasteiger partial charge on any atom is 0.306 e. The average molecular weight is 475 g/mol. The van der Waals surface area contributed by atoms with E-state index in [4.69, 9.17) is 4.74 Å². The van der Waals surface area contributed by atoms with Crippen molar-refractivity contribution in [3.63, 3.8) is 0 Å². The van der Waals surface area contributed by atoms with Crippen molar-refractivity contribution in [2.24, 2.45) is 5.92 Å². The molecule has 0 saturated heterocycles. The Morgan fingerprint density at radius 1 is 1.06 bits per heavy atom. The SMILES string of the molecule is COc1cccc2cc(Cn3ccc4c(F)ccc(C(=O)NC5CCC(C(=O)O)CC5)c43)ccc12. The van der Waals surface area contributed by atoms with Crippen LogP contribution >= 0.6 is 0 Å². The van der Waals surface area contributed by atoms with E-state index in [1.807, 2.05) is 34.9 Å². The smallest absolute Gasteiger partial charge is 0.306 e. The Kier molecular flexibility index (Phi) is 6.16. The van der Waals surface area contributed by atoms with Crippen LogP contribution in [-0.4, -0.2) is 34.7 Å². The molecular formula is C28H27FN2O4. The Balaban J connectivity index is 1.43. The standard InChI is InChI=1S/C28H27FN2O4/c1-35-25-4-2-3-19-15-17(5-10-21(19)25)16-31-14-13-22-24(29)12-11-23(26(22)31)27(32)30-20-8-6-18(7-9-20)28(33)34/h2-5,10-15,18,20H,6-9,16H2,1H3,(H,30,32)(H,33,34). The summed E-state index contributed by atoms with van der Waals surface area (Å²) in [5.74, 6) is -0.962. The molecule has 1 heterocycles. The van der Waals surface area contributed by atoms with Crippen molar-refractivity contribution in [3.05, 3.63) is 77.7 Å². The zero-order chi connectivity index (χ0) is 24.5. The number of amides is 1. The number of methoxy groups -OCH3 is 1. The Labute approximate surface area is 202 Å². The highest BCUT2D eigenvalue weighted by Gasteiger charge is 2.27. The second kappa shape index (κ2) is 9.41. The summed E-state index contributed by atoms with van der Waals surface area (Å²) in [4.78, 5) is 24.4. The van der Waals surface area contributed by atoms with E-state index in [0.717, 1.165) is 22.1 Å². The maximum absolute atomic E-state index is 14.6. The van der Waals surface area contributed by atoms with Gasteiger partial charge in [-0.1, -0.05) is 24.3 Å². The largest absolute Gasteiger partial charge is 0.496 e. The number of benzene rings is 3. The lowest BCUT2D eigenvalue weighted by Gasteiger charge is -2.27. The Morgan fingerprint density at radius 2 is 1.86 bits per heavy atom. The third-order valence-electron chi connectivity index (χ3n) is 7.01. The number of rotatable bonds is 6. The number of carboxylic acids is 1. The molecule has 35 heavy (non-hydrogen) atoms. The first-order valence-electron chi connectivity index (χ1n) is 11.8. The highest BCUT2D eigenvalue weighted by Crippen LogP contribution is 2.29. The fourth-order valence-corrected chi connectivity index (χ4v) is 5.13. The molecule has 180 valence electrons. The Morgan fingerprint density at radius 3 is 2.60 bits per heavy atom. The van der Waals surface area contributed by atoms with Crippen LogP contribution in [0.2, 0.25) is 0 Å². The van der Waals surface area contributed by atoms with Gasteiger partial charge in [-0.2, -0.15) is 0 Å². The number of hydrogen-bond donors (Lipinski definition) is 2. The second-order valence-corrected chi connectivity index (χ2v) is 9.18. The number of aromatic nitrogens is 1. The number of nitrogens with one attached hydrogen (secondary N) is 1. The molecule has 6 nitrogen and oxygen atoms in total. The summed E-state index contributed by atoms with van der Waals surface area (Å²) < 4.78 is 22.0. The first kappa shape index (κ1) is 22.9. The number of aliphatic carboxylic acids is 1. The third-order valence-corrected chi connectivity index (χ3v) is 7.01. The van der Waals surface area contributed by atoms with Crippen molar-refractivity contribution < 1.29 is 23.8 Å². The number of carbonyl (C=O) groups is 2. The normalized spacial score (nSPS) is 18.0. The number of halogens is 1. The van der Waals surface area contributed by atoms with Gasteiger partial charge in [0.2, 0.25) is 0 Å². The van der Waals surface area contributed by atoms with Crippen LogP contribution < -0.4 is 10.1 Å². The molecule has 0 radical (unpaired) electrons. The molecule has 0 spiro atoms. The zero-order valence-electron chi connectivity index (χ0n) is 19.5. The van der Waals surface area contributed by atoms with E-state index in [-0.39, 0.29) is 23.7 Å². The summed E-state index contributed by atoms with van der Waals surface area (Å²) in [6.45, 7) is 0.476. The third kappa shape index (κ3) is 4.46. The van der Waals surface area contributed by atoms with Gasteiger partial charge in [-0.05, 0) is 67.0 Å². The highest BCUT2D eigenvalue weighted by atomic mass is 19.1. The lowest BCUT2D eigenvalue weighted by Crippen LogP contribution is -2.38. The molecule has 0 aliphatic heterocycles. The quantitative estimate of drug-likeness (QED) is 0.394. The molecule has 0 bridgehead atoms. The minimum absolute atomic E-state index is 0.0860. The van der Waals surface area contributed by atoms with Crippen LogP contribution in [-0.2, 0) is 11.3 Å². The molecule has 1 aliphatic rings. The van der Waals surface area contributed by atoms with Crippen LogP contribution in [0.4, 0.5) is 4.39 Å². The van der Waals surface area contributed by atoms with E-state index in [0.29, 0.717) is 48.7 Å². The van der Waals surface area contributed by atoms with E-state index in [1.165, 1.54) is 12.1 Å². The molecule has 7 heteroatoms. The first-order chi connectivity index (χ1) is 16.9. The molecule has 2 N–H and O–H groups in total. The Bertz CT molecular complexity index is 1420. The van der Waals surface area contributed by atoms with Crippen molar-refractivity contribution in [1.82, 2.24) is 9.88 Å². The van der Waals surface area contributed by atoms with Crippen LogP contribution in [0, 0.1) is 11.7 Å². The van der Waals surface area contributed by atoms with Crippen LogP contribution in [0.15, 0.2) is 60.8 Å². The van der Waals surface area contributed by atoms with Gasteiger partial charge in [-0.25, -0.2) is 4.39 Å². The molecule has 1 saturated carbocycles. The summed E-state index contributed by atoms with van der Waals surface area (Å²) in [6, 6.07) is 16.4. The van der Waals surface area contributed by atoms with Crippen molar-refractivity contribution in [2.45, 2.75) is 38.3 Å². The molecule has 1 fully saturated rings. The zero-order valence-corrected chi connectivity index (χ0v) is 19.5. The van der Waals surface area contributed by atoms with Gasteiger partial charge in [-0.3, -0.25) is 9.59 Å². The van der Waals surface area contributed by atoms with Crippen LogP contribution in [0.3, 0.4) is 0 Å². The molecule has 3 aromatic carbocycles. The van der Waals surface area contributed by atoms with Crippen molar-refractivity contribution >= 4 is 33.6 Å². The molecule has 1 aliphatic carbocycles. The van der Waals surface area contributed by atoms with Gasteiger partial charge in [0, 0.05) is 29.6 Å². The summed E-state index contributed by atoms with van der Waals surface area (Å²) in [7, 11) is 1.65. The van der Waals surface area contributed by atoms with E-state index in [2.05, 4.69) is 11.4 Å². The predicted octanol–water partition coefficient (Wildman–Crippen LogP) is 5.36. The van der Waals surface area contributed by atoms with Crippen LogP contribution in [0.25, 0.3) is 21.7 Å². The Hall–Kier alpha value is -3.87. The maximum atomic E-state index is 14.6. The summed E-state index contributed by atoms with van der Waals surface area (Å²) in [5.41, 5.74) is 1.98. The lowest BCUT2D eigenvalue weighted by molar-refractivity contribution is -0.142. The number of carboxylic acid groups (broad SMARTS) is 1. The highest BCUT2D eigenvalue weighted by molar-refractivity contribution is 6.06. The fraction of sp³-hybridized carbons (Fsp3) is 0.286. The molecular weight excluding hydrogens is 447 g/mol. The molecule has 4 aromatic rings. The van der Waals surface area contributed by atoms with Crippen molar-refractivity contribution in [3.8, 4) is 5.75 Å². The summed E-state index contributed by atoms with van der Waals surface area (Å²) in [5, 5.41) is 14.7. The van der Waals surface area contributed by atoms with Gasteiger partial charge in [0.25, 0.3) is 5.91 Å². The molecule has 1 amide bonds. The second-order valence-electron chi connectivity index (χ2n) is 9.18. The van der Waals surface area contributed by atoms with Gasteiger partial charge in [-0.15, -0.1) is 0 Å². The predicted molar refractivity (Wildman–Crippen MR) is 132 cm³/mol. The van der Waals surface area contributed by atoms with Gasteiger partial charge >= 0.3 is 5.97 Å². The summed E-state index contributed by atoms with van der Waals surface area (Å²) in [6.07, 6.45) is 4.13. The number of carbonyl (C=O) groups excluding carboxylic acids is 1. The topological polar surface area (TPSA) is 80.6 Å². The van der Waals surface area contributed by atoms with E-state index < -0.39 is 5.97 Å². The summed E-state index contributed by atoms with van der Waals surface area (Å²) >= 11 is 0. The van der Waals surface area contributed by atoms with Gasteiger partial charge in [0.1, 0.15) is 11.6 Å². The minimum atomic E-state index is -0.778. The van der Waals surface area contributed by atoms with E-state index in [1.54, 1.807) is 19.4 Å². The van der Waals surface area contributed by atoms with Crippen molar-refractivity contribution in [2.75, 3.05) is 7.11 Å². The molecule has 0 unspecified atom stereocenters. The van der Waals surface area contributed by atoms with Crippen LogP contribution in [0.1, 0.15) is 41.6 Å². The molecule has 0 atom stereocenters. The van der Waals surface area contributed by atoms with Crippen molar-refractivity contribution in [1.29, 1.82) is 0 Å². The minimum Gasteiger partial charge on any atom is -0.496 e. The van der Waals surface area contributed by atoms with E-state index in [9.17, 15) is 19.1 Å².